The van der Waals surface area contributed by atoms with E-state index in [0.29, 0.717) is 5.75 Å². The Hall–Kier alpha value is -4.36. The Labute approximate surface area is 218 Å². The maximum atomic E-state index is 11.4. The molecule has 0 saturated heterocycles. The molecule has 1 atom stereocenters. The van der Waals surface area contributed by atoms with Gasteiger partial charge in [0, 0.05) is 5.56 Å². The van der Waals surface area contributed by atoms with Crippen molar-refractivity contribution in [3.05, 3.63) is 160 Å². The van der Waals surface area contributed by atoms with E-state index < -0.39 is 5.41 Å². The van der Waals surface area contributed by atoms with E-state index in [1.54, 1.807) is 0 Å². The molecule has 178 valence electrons. The lowest BCUT2D eigenvalue weighted by atomic mass is 9.65. The first-order valence-electron chi connectivity index (χ1n) is 13.0. The number of para-hydroxylation sites is 1. The van der Waals surface area contributed by atoms with Crippen molar-refractivity contribution in [2.45, 2.75) is 25.2 Å². The summed E-state index contributed by atoms with van der Waals surface area (Å²) in [6.45, 7) is 2.16. The second-order valence-electron chi connectivity index (χ2n) is 10.3. The van der Waals surface area contributed by atoms with Gasteiger partial charge in [0.15, 0.2) is 0 Å². The number of fused-ring (bicyclic) bond motifs is 3. The molecule has 37 heavy (non-hydrogen) atoms. The van der Waals surface area contributed by atoms with Gasteiger partial charge in [-0.1, -0.05) is 109 Å². The number of hydrogen-bond donors (Lipinski definition) is 1. The maximum Gasteiger partial charge on any atom is 0.120 e. The first kappa shape index (κ1) is 21.9. The predicted octanol–water partition coefficient (Wildman–Crippen LogP) is 8.83. The monoisotopic (exact) mass is 476 g/mol. The van der Waals surface area contributed by atoms with Crippen LogP contribution in [-0.2, 0) is 5.41 Å². The van der Waals surface area contributed by atoms with Gasteiger partial charge in [-0.2, -0.15) is 0 Å². The van der Waals surface area contributed by atoms with Gasteiger partial charge in [0.25, 0.3) is 0 Å². The molecule has 0 fully saturated rings. The SMILES string of the molecule is Cc1cccc(C2=CC3=C(CC2)c2cc4ccccc4cc2C3(c2ccccc2)c2ccccc2O)c1. The van der Waals surface area contributed by atoms with Crippen molar-refractivity contribution in [1.29, 1.82) is 0 Å². The van der Waals surface area contributed by atoms with Crippen LogP contribution in [0.15, 0.2) is 127 Å². The number of hydrogen-bond acceptors (Lipinski definition) is 1. The summed E-state index contributed by atoms with van der Waals surface area (Å²) >= 11 is 0. The molecule has 5 aromatic rings. The van der Waals surface area contributed by atoms with E-state index in [-0.39, 0.29) is 0 Å². The molecule has 2 aliphatic rings. The van der Waals surface area contributed by atoms with Crippen LogP contribution in [0, 0.1) is 6.92 Å². The van der Waals surface area contributed by atoms with Gasteiger partial charge in [0.2, 0.25) is 0 Å². The average Bonchev–Trinajstić information content (AvgIpc) is 3.22. The van der Waals surface area contributed by atoms with Crippen LogP contribution in [0.5, 0.6) is 5.75 Å². The molecule has 0 bridgehead atoms. The fourth-order valence-corrected chi connectivity index (χ4v) is 6.60. The van der Waals surface area contributed by atoms with Crippen molar-refractivity contribution in [3.63, 3.8) is 0 Å². The summed E-state index contributed by atoms with van der Waals surface area (Å²) in [5, 5.41) is 13.9. The fraction of sp³-hybridized carbons (Fsp3) is 0.111. The standard InChI is InChI=1S/C36H28O/c1-24-10-9-13-25(20-24)28-18-19-30-31-21-26-11-5-6-12-27(26)22-34(31)36(33(30)23-28,29-14-3-2-4-15-29)32-16-7-8-17-35(32)37/h2-17,20-23,37H,18-19H2,1H3. The summed E-state index contributed by atoms with van der Waals surface area (Å²) < 4.78 is 0. The highest BCUT2D eigenvalue weighted by molar-refractivity contribution is 5.98. The molecule has 0 amide bonds. The van der Waals surface area contributed by atoms with Crippen molar-refractivity contribution < 1.29 is 5.11 Å². The van der Waals surface area contributed by atoms with Crippen LogP contribution in [0.25, 0.3) is 21.9 Å². The van der Waals surface area contributed by atoms with Crippen LogP contribution < -0.4 is 0 Å². The number of rotatable bonds is 3. The lowest BCUT2D eigenvalue weighted by Crippen LogP contribution is -2.30. The Kier molecular flexibility index (Phi) is 4.94. The quantitative estimate of drug-likeness (QED) is 0.276. The summed E-state index contributed by atoms with van der Waals surface area (Å²) in [4.78, 5) is 0. The zero-order valence-electron chi connectivity index (χ0n) is 20.9. The van der Waals surface area contributed by atoms with Gasteiger partial charge >= 0.3 is 0 Å². The van der Waals surface area contributed by atoms with E-state index in [1.165, 1.54) is 55.3 Å². The van der Waals surface area contributed by atoms with Gasteiger partial charge in [0.1, 0.15) is 5.75 Å². The van der Waals surface area contributed by atoms with Gasteiger partial charge in [-0.05, 0) is 87.7 Å². The van der Waals surface area contributed by atoms with Gasteiger partial charge in [-0.3, -0.25) is 0 Å². The van der Waals surface area contributed by atoms with Crippen molar-refractivity contribution >= 4 is 21.9 Å². The first-order chi connectivity index (χ1) is 18.2. The van der Waals surface area contributed by atoms with E-state index in [1.807, 2.05) is 18.2 Å². The third kappa shape index (κ3) is 3.24. The number of benzene rings is 5. The molecule has 1 nitrogen and oxygen atoms in total. The lowest BCUT2D eigenvalue weighted by Gasteiger charge is -2.36. The van der Waals surface area contributed by atoms with Gasteiger partial charge < -0.3 is 5.11 Å². The highest BCUT2D eigenvalue weighted by atomic mass is 16.3. The normalized spacial score (nSPS) is 18.5. The molecule has 2 aliphatic carbocycles. The molecule has 0 radical (unpaired) electrons. The fourth-order valence-electron chi connectivity index (χ4n) is 6.60. The summed E-state index contributed by atoms with van der Waals surface area (Å²) in [7, 11) is 0. The van der Waals surface area contributed by atoms with Gasteiger partial charge in [0.05, 0.1) is 5.41 Å². The summed E-state index contributed by atoms with van der Waals surface area (Å²) in [5.74, 6) is 0.329. The molecule has 0 aliphatic heterocycles. The Morgan fingerprint density at radius 2 is 1.38 bits per heavy atom. The molecule has 1 unspecified atom stereocenters. The highest BCUT2D eigenvalue weighted by Gasteiger charge is 2.49. The second-order valence-corrected chi connectivity index (χ2v) is 10.3. The number of phenols is 1. The highest BCUT2D eigenvalue weighted by Crippen LogP contribution is 2.60. The van der Waals surface area contributed by atoms with Crippen molar-refractivity contribution in [1.82, 2.24) is 0 Å². The minimum atomic E-state index is -0.600. The third-order valence-corrected chi connectivity index (χ3v) is 8.21. The third-order valence-electron chi connectivity index (χ3n) is 8.21. The van der Waals surface area contributed by atoms with Crippen LogP contribution in [0.3, 0.4) is 0 Å². The summed E-state index contributed by atoms with van der Waals surface area (Å²) in [6, 6.07) is 40.8. The maximum absolute atomic E-state index is 11.4. The first-order valence-corrected chi connectivity index (χ1v) is 13.0. The Morgan fingerprint density at radius 1 is 0.649 bits per heavy atom. The number of aryl methyl sites for hydroxylation is 1. The van der Waals surface area contributed by atoms with E-state index in [0.717, 1.165) is 18.4 Å². The lowest BCUT2D eigenvalue weighted by molar-refractivity contribution is 0.461. The number of aromatic hydroxyl groups is 1. The number of phenolic OH excluding ortho intramolecular Hbond substituents is 1. The molecule has 0 spiro atoms. The van der Waals surface area contributed by atoms with Crippen molar-refractivity contribution in [3.8, 4) is 5.75 Å². The molecule has 0 saturated carbocycles. The molecule has 0 heterocycles. The van der Waals surface area contributed by atoms with E-state index in [2.05, 4.69) is 110 Å². The van der Waals surface area contributed by atoms with Crippen molar-refractivity contribution in [2.24, 2.45) is 0 Å². The topological polar surface area (TPSA) is 20.2 Å². The Balaban J connectivity index is 1.62. The van der Waals surface area contributed by atoms with Crippen LogP contribution in [-0.4, -0.2) is 5.11 Å². The molecular formula is C36H28O. The minimum Gasteiger partial charge on any atom is -0.508 e. The largest absolute Gasteiger partial charge is 0.508 e. The molecule has 0 aromatic heterocycles. The number of allylic oxidation sites excluding steroid dienone is 4. The smallest absolute Gasteiger partial charge is 0.120 e. The molecular weight excluding hydrogens is 448 g/mol. The zero-order valence-corrected chi connectivity index (χ0v) is 20.9. The molecule has 1 N–H and O–H groups in total. The average molecular weight is 477 g/mol. The van der Waals surface area contributed by atoms with Crippen LogP contribution in [0.1, 0.15) is 46.2 Å². The Morgan fingerprint density at radius 3 is 2.16 bits per heavy atom. The summed E-state index contributed by atoms with van der Waals surface area (Å²) in [5.41, 5.74) is 10.7. The van der Waals surface area contributed by atoms with E-state index >= 15 is 0 Å². The Bertz CT molecular complexity index is 1740. The molecule has 7 rings (SSSR count). The minimum absolute atomic E-state index is 0.329. The summed E-state index contributed by atoms with van der Waals surface area (Å²) in [6.07, 6.45) is 4.40. The van der Waals surface area contributed by atoms with Crippen LogP contribution >= 0.6 is 0 Å². The predicted molar refractivity (Wildman–Crippen MR) is 154 cm³/mol. The van der Waals surface area contributed by atoms with Gasteiger partial charge in [-0.15, -0.1) is 0 Å². The molecule has 5 aromatic carbocycles. The molecule has 1 heteroatoms. The zero-order chi connectivity index (χ0) is 25.0. The van der Waals surface area contributed by atoms with Gasteiger partial charge in [-0.25, -0.2) is 0 Å². The van der Waals surface area contributed by atoms with Crippen molar-refractivity contribution in [2.75, 3.05) is 0 Å². The van der Waals surface area contributed by atoms with E-state index in [4.69, 9.17) is 0 Å². The van der Waals surface area contributed by atoms with E-state index in [9.17, 15) is 5.11 Å². The van der Waals surface area contributed by atoms with Crippen LogP contribution in [0.2, 0.25) is 0 Å². The second kappa shape index (κ2) is 8.35. The van der Waals surface area contributed by atoms with Crippen LogP contribution in [0.4, 0.5) is 0 Å².